The smallest absolute Gasteiger partial charge is 0.251 e. The standard InChI is InChI=1S/C21H28N4O.HI/c1-4-12-23-20(26)18-11-7-9-17(13-18)14-24-21(22-3)25-15-19-10-6-5-8-16(19)2;/h5-11,13H,4,12,14-15H2,1-3H3,(H,23,26)(H2,22,24,25);1H. The van der Waals surface area contributed by atoms with Crippen LogP contribution in [0.5, 0.6) is 0 Å². The number of amides is 1. The van der Waals surface area contributed by atoms with Crippen molar-refractivity contribution >= 4 is 35.8 Å². The van der Waals surface area contributed by atoms with Gasteiger partial charge in [-0.25, -0.2) is 0 Å². The molecule has 0 aliphatic heterocycles. The molecule has 2 aromatic carbocycles. The lowest BCUT2D eigenvalue weighted by atomic mass is 10.1. The van der Waals surface area contributed by atoms with Crippen molar-refractivity contribution in [2.45, 2.75) is 33.4 Å². The molecule has 3 N–H and O–H groups in total. The summed E-state index contributed by atoms with van der Waals surface area (Å²) < 4.78 is 0. The Balaban J connectivity index is 0.00000364. The van der Waals surface area contributed by atoms with E-state index in [1.807, 2.05) is 43.3 Å². The van der Waals surface area contributed by atoms with Gasteiger partial charge >= 0.3 is 0 Å². The van der Waals surface area contributed by atoms with E-state index in [0.29, 0.717) is 25.2 Å². The van der Waals surface area contributed by atoms with Crippen LogP contribution in [0.2, 0.25) is 0 Å². The predicted molar refractivity (Wildman–Crippen MR) is 123 cm³/mol. The van der Waals surface area contributed by atoms with Crippen molar-refractivity contribution in [3.63, 3.8) is 0 Å². The number of carbonyl (C=O) groups excluding carboxylic acids is 1. The van der Waals surface area contributed by atoms with Crippen LogP contribution in [-0.4, -0.2) is 25.5 Å². The lowest BCUT2D eigenvalue weighted by Crippen LogP contribution is -2.36. The van der Waals surface area contributed by atoms with Crippen LogP contribution < -0.4 is 16.0 Å². The van der Waals surface area contributed by atoms with E-state index < -0.39 is 0 Å². The summed E-state index contributed by atoms with van der Waals surface area (Å²) in [5.74, 6) is 0.699. The molecule has 2 aromatic rings. The predicted octanol–water partition coefficient (Wildman–Crippen LogP) is 3.62. The van der Waals surface area contributed by atoms with Gasteiger partial charge in [-0.05, 0) is 42.2 Å². The van der Waals surface area contributed by atoms with Crippen LogP contribution in [0.25, 0.3) is 0 Å². The van der Waals surface area contributed by atoms with E-state index in [-0.39, 0.29) is 29.9 Å². The van der Waals surface area contributed by atoms with Gasteiger partial charge in [0.05, 0.1) is 0 Å². The molecule has 0 aromatic heterocycles. The van der Waals surface area contributed by atoms with Crippen LogP contribution >= 0.6 is 24.0 Å². The first kappa shape index (κ1) is 23.0. The molecule has 0 spiro atoms. The number of nitrogens with one attached hydrogen (secondary N) is 3. The zero-order valence-electron chi connectivity index (χ0n) is 16.2. The maximum Gasteiger partial charge on any atom is 0.251 e. The largest absolute Gasteiger partial charge is 0.352 e. The van der Waals surface area contributed by atoms with Gasteiger partial charge in [-0.2, -0.15) is 0 Å². The second kappa shape index (κ2) is 12.3. The molecule has 2 rings (SSSR count). The molecule has 0 bridgehead atoms. The van der Waals surface area contributed by atoms with E-state index in [9.17, 15) is 4.79 Å². The summed E-state index contributed by atoms with van der Waals surface area (Å²) in [5.41, 5.74) is 4.21. The lowest BCUT2D eigenvalue weighted by Gasteiger charge is -2.13. The fourth-order valence-corrected chi connectivity index (χ4v) is 2.56. The molecule has 6 heteroatoms. The molecule has 0 atom stereocenters. The van der Waals surface area contributed by atoms with Crippen LogP contribution in [0.15, 0.2) is 53.5 Å². The van der Waals surface area contributed by atoms with Gasteiger partial charge in [-0.3, -0.25) is 9.79 Å². The van der Waals surface area contributed by atoms with E-state index in [2.05, 4.69) is 40.0 Å². The van der Waals surface area contributed by atoms with E-state index >= 15 is 0 Å². The fraction of sp³-hybridized carbons (Fsp3) is 0.333. The van der Waals surface area contributed by atoms with E-state index in [4.69, 9.17) is 0 Å². The molecule has 0 fully saturated rings. The van der Waals surface area contributed by atoms with Gasteiger partial charge in [0.1, 0.15) is 0 Å². The Morgan fingerprint density at radius 1 is 1.00 bits per heavy atom. The summed E-state index contributed by atoms with van der Waals surface area (Å²) in [6.07, 6.45) is 0.926. The molecule has 0 saturated heterocycles. The minimum Gasteiger partial charge on any atom is -0.352 e. The second-order valence-electron chi connectivity index (χ2n) is 6.16. The van der Waals surface area contributed by atoms with Crippen molar-refractivity contribution < 1.29 is 4.79 Å². The number of aryl methyl sites for hydroxylation is 1. The third kappa shape index (κ3) is 7.58. The number of carbonyl (C=O) groups is 1. The monoisotopic (exact) mass is 480 g/mol. The van der Waals surface area contributed by atoms with Crippen LogP contribution in [0.4, 0.5) is 0 Å². The van der Waals surface area contributed by atoms with Gasteiger partial charge < -0.3 is 16.0 Å². The van der Waals surface area contributed by atoms with Crippen LogP contribution in [0.3, 0.4) is 0 Å². The summed E-state index contributed by atoms with van der Waals surface area (Å²) in [5, 5.41) is 9.51. The molecule has 0 saturated carbocycles. The number of guanidine groups is 1. The molecule has 27 heavy (non-hydrogen) atoms. The van der Waals surface area contributed by atoms with Crippen LogP contribution in [-0.2, 0) is 13.1 Å². The Morgan fingerprint density at radius 2 is 1.74 bits per heavy atom. The molecular formula is C21H29IN4O. The number of nitrogens with zero attached hydrogens (tertiary/aromatic N) is 1. The van der Waals surface area contributed by atoms with Crippen molar-refractivity contribution in [2.75, 3.05) is 13.6 Å². The van der Waals surface area contributed by atoms with Gasteiger partial charge in [0, 0.05) is 32.2 Å². The lowest BCUT2D eigenvalue weighted by molar-refractivity contribution is 0.0953. The molecule has 0 unspecified atom stereocenters. The van der Waals surface area contributed by atoms with Crippen LogP contribution in [0.1, 0.15) is 40.4 Å². The first-order chi connectivity index (χ1) is 12.6. The summed E-state index contributed by atoms with van der Waals surface area (Å²) in [7, 11) is 1.75. The third-order valence-corrected chi connectivity index (χ3v) is 4.12. The normalized spacial score (nSPS) is 10.7. The maximum absolute atomic E-state index is 12.1. The first-order valence-corrected chi connectivity index (χ1v) is 9.00. The topological polar surface area (TPSA) is 65.5 Å². The number of rotatable bonds is 7. The maximum atomic E-state index is 12.1. The average Bonchev–Trinajstić information content (AvgIpc) is 2.67. The van der Waals surface area contributed by atoms with Crippen molar-refractivity contribution in [3.05, 3.63) is 70.8 Å². The van der Waals surface area contributed by atoms with Gasteiger partial charge in [-0.15, -0.1) is 24.0 Å². The Kier molecular flexibility index (Phi) is 10.5. The molecule has 146 valence electrons. The van der Waals surface area contributed by atoms with Gasteiger partial charge in [0.15, 0.2) is 5.96 Å². The van der Waals surface area contributed by atoms with Gasteiger partial charge in [0.2, 0.25) is 0 Å². The van der Waals surface area contributed by atoms with Crippen molar-refractivity contribution in [1.82, 2.24) is 16.0 Å². The third-order valence-electron chi connectivity index (χ3n) is 4.12. The summed E-state index contributed by atoms with van der Waals surface area (Å²) in [4.78, 5) is 16.3. The first-order valence-electron chi connectivity index (χ1n) is 9.00. The minimum atomic E-state index is -0.0317. The van der Waals surface area contributed by atoms with Crippen molar-refractivity contribution in [1.29, 1.82) is 0 Å². The van der Waals surface area contributed by atoms with Crippen LogP contribution in [0, 0.1) is 6.92 Å². The van der Waals surface area contributed by atoms with Gasteiger partial charge in [0.25, 0.3) is 5.91 Å². The number of hydrogen-bond donors (Lipinski definition) is 3. The summed E-state index contributed by atoms with van der Waals surface area (Å²) in [6, 6.07) is 15.9. The van der Waals surface area contributed by atoms with Crippen molar-refractivity contribution in [2.24, 2.45) is 4.99 Å². The molecule has 1 amide bonds. The molecule has 5 nitrogen and oxygen atoms in total. The Hall–Kier alpha value is -2.09. The SMILES string of the molecule is CCCNC(=O)c1cccc(CNC(=NC)NCc2ccccc2C)c1.I. The Labute approximate surface area is 179 Å². The van der Waals surface area contributed by atoms with Crippen molar-refractivity contribution in [3.8, 4) is 0 Å². The summed E-state index contributed by atoms with van der Waals surface area (Å²) in [6.45, 7) is 6.14. The Morgan fingerprint density at radius 3 is 2.44 bits per heavy atom. The minimum absolute atomic E-state index is 0. The number of halogens is 1. The number of aliphatic imine (C=N–C) groups is 1. The number of benzene rings is 2. The highest BCUT2D eigenvalue weighted by atomic mass is 127. The highest BCUT2D eigenvalue weighted by Gasteiger charge is 2.06. The molecule has 0 radical (unpaired) electrons. The van der Waals surface area contributed by atoms with E-state index in [1.165, 1.54) is 11.1 Å². The van der Waals surface area contributed by atoms with Gasteiger partial charge in [-0.1, -0.05) is 43.3 Å². The highest BCUT2D eigenvalue weighted by molar-refractivity contribution is 14.0. The average molecular weight is 480 g/mol. The molecular weight excluding hydrogens is 451 g/mol. The zero-order chi connectivity index (χ0) is 18.8. The Bertz CT molecular complexity index is 761. The number of hydrogen-bond acceptors (Lipinski definition) is 2. The second-order valence-corrected chi connectivity index (χ2v) is 6.16. The fourth-order valence-electron chi connectivity index (χ4n) is 2.56. The quantitative estimate of drug-likeness (QED) is 0.322. The summed E-state index contributed by atoms with van der Waals surface area (Å²) >= 11 is 0. The molecule has 0 heterocycles. The van der Waals surface area contributed by atoms with E-state index in [1.54, 1.807) is 7.05 Å². The molecule has 0 aliphatic rings. The zero-order valence-corrected chi connectivity index (χ0v) is 18.5. The molecule has 0 aliphatic carbocycles. The van der Waals surface area contributed by atoms with E-state index in [0.717, 1.165) is 17.9 Å². The highest BCUT2D eigenvalue weighted by Crippen LogP contribution is 2.07.